The number of aromatic nitrogens is 1. The molecule has 0 fully saturated rings. The molecule has 1 heterocycles. The fourth-order valence-corrected chi connectivity index (χ4v) is 1.99. The topological polar surface area (TPSA) is 61.1 Å². The first-order chi connectivity index (χ1) is 10.3. The van der Waals surface area contributed by atoms with Gasteiger partial charge in [-0.15, -0.1) is 0 Å². The molecule has 5 heteroatoms. The van der Waals surface area contributed by atoms with Crippen molar-refractivity contribution in [1.29, 1.82) is 5.26 Å². The van der Waals surface area contributed by atoms with Gasteiger partial charge in [0.15, 0.2) is 11.4 Å². The van der Waals surface area contributed by atoms with Gasteiger partial charge in [-0.3, -0.25) is 10.3 Å². The van der Waals surface area contributed by atoms with E-state index in [1.54, 1.807) is 6.20 Å². The van der Waals surface area contributed by atoms with Crippen LogP contribution in [0.3, 0.4) is 0 Å². The summed E-state index contributed by atoms with van der Waals surface area (Å²) in [6, 6.07) is 13.6. The van der Waals surface area contributed by atoms with E-state index >= 15 is 0 Å². The molecule has 21 heavy (non-hydrogen) atoms. The largest absolute Gasteiger partial charge is 0.271 e. The number of hydrogen-bond acceptors (Lipinski definition) is 4. The van der Waals surface area contributed by atoms with Crippen molar-refractivity contribution < 1.29 is 0 Å². The predicted molar refractivity (Wildman–Crippen MR) is 89.0 cm³/mol. The summed E-state index contributed by atoms with van der Waals surface area (Å²) in [7, 11) is 0. The summed E-state index contributed by atoms with van der Waals surface area (Å²) in [6.45, 7) is 0. The van der Waals surface area contributed by atoms with Gasteiger partial charge in [-0.1, -0.05) is 36.0 Å². The number of nitrogens with one attached hydrogen (secondary N) is 1. The van der Waals surface area contributed by atoms with Crippen LogP contribution in [-0.4, -0.2) is 16.4 Å². The number of nitrogens with zero attached hydrogens (tertiary/aromatic N) is 3. The highest BCUT2D eigenvalue weighted by Gasteiger charge is 1.97. The van der Waals surface area contributed by atoms with Crippen LogP contribution in [0, 0.1) is 11.5 Å². The van der Waals surface area contributed by atoms with Gasteiger partial charge in [0.05, 0.1) is 11.4 Å². The third-order valence-electron chi connectivity index (χ3n) is 2.59. The lowest BCUT2D eigenvalue weighted by molar-refractivity contribution is 1.28. The smallest absolute Gasteiger partial charge is 0.183 e. The summed E-state index contributed by atoms with van der Waals surface area (Å²) < 4.78 is 0. The maximum absolute atomic E-state index is 8.64. The lowest BCUT2D eigenvalue weighted by Gasteiger charge is -2.01. The number of pyridine rings is 1. The van der Waals surface area contributed by atoms with Crippen LogP contribution in [0.15, 0.2) is 53.7 Å². The number of benzene rings is 1. The second-order valence-electron chi connectivity index (χ2n) is 4.04. The molecule has 0 unspecified atom stereocenters. The Morgan fingerprint density at radius 1 is 1.29 bits per heavy atom. The Morgan fingerprint density at radius 2 is 2.19 bits per heavy atom. The van der Waals surface area contributed by atoms with Crippen LogP contribution in [0.5, 0.6) is 0 Å². The molecule has 0 bridgehead atoms. The number of thioether (sulfide) groups is 1. The van der Waals surface area contributed by atoms with E-state index in [-0.39, 0.29) is 0 Å². The summed E-state index contributed by atoms with van der Waals surface area (Å²) in [6.07, 6.45) is 9.44. The molecule has 0 radical (unpaired) electrons. The van der Waals surface area contributed by atoms with Crippen LogP contribution in [0.25, 0.3) is 12.2 Å². The van der Waals surface area contributed by atoms with Crippen LogP contribution in [0.2, 0.25) is 0 Å². The van der Waals surface area contributed by atoms with Crippen molar-refractivity contribution in [3.8, 4) is 6.19 Å². The Labute approximate surface area is 128 Å². The van der Waals surface area contributed by atoms with Crippen LogP contribution in [-0.2, 0) is 0 Å². The highest BCUT2D eigenvalue weighted by Crippen LogP contribution is 2.17. The maximum Gasteiger partial charge on any atom is 0.183 e. The summed E-state index contributed by atoms with van der Waals surface area (Å²) in [5, 5.41) is 11.8. The van der Waals surface area contributed by atoms with Gasteiger partial charge in [-0.25, -0.2) is 4.99 Å². The van der Waals surface area contributed by atoms with Gasteiger partial charge in [-0.2, -0.15) is 5.26 Å². The molecule has 1 aromatic carbocycles. The Morgan fingerprint density at radius 3 is 2.90 bits per heavy atom. The maximum atomic E-state index is 8.64. The highest BCUT2D eigenvalue weighted by molar-refractivity contribution is 8.13. The van der Waals surface area contributed by atoms with Gasteiger partial charge in [-0.05, 0) is 42.2 Å². The minimum absolute atomic E-state index is 0.573. The van der Waals surface area contributed by atoms with Crippen molar-refractivity contribution in [3.63, 3.8) is 0 Å². The van der Waals surface area contributed by atoms with E-state index in [0.717, 1.165) is 16.9 Å². The van der Waals surface area contributed by atoms with Crippen molar-refractivity contribution in [2.75, 3.05) is 6.26 Å². The van der Waals surface area contributed by atoms with E-state index in [9.17, 15) is 0 Å². The van der Waals surface area contributed by atoms with Crippen molar-refractivity contribution in [2.45, 2.75) is 0 Å². The van der Waals surface area contributed by atoms with Gasteiger partial charge < -0.3 is 0 Å². The molecule has 1 N–H and O–H groups in total. The van der Waals surface area contributed by atoms with Crippen molar-refractivity contribution in [3.05, 3.63) is 59.9 Å². The number of nitriles is 1. The monoisotopic (exact) mass is 294 g/mol. The van der Waals surface area contributed by atoms with E-state index < -0.39 is 0 Å². The SMILES string of the molecule is CSC(=Nc1cccc(C=Cc2ccccn2)c1)NC#N. The molecule has 1 aromatic heterocycles. The summed E-state index contributed by atoms with van der Waals surface area (Å²) in [4.78, 5) is 8.62. The van der Waals surface area contributed by atoms with E-state index in [4.69, 9.17) is 5.26 Å². The molecular weight excluding hydrogens is 280 g/mol. The van der Waals surface area contributed by atoms with Crippen LogP contribution < -0.4 is 5.32 Å². The molecule has 0 atom stereocenters. The third-order valence-corrected chi connectivity index (χ3v) is 3.17. The Hall–Kier alpha value is -2.58. The first kappa shape index (κ1) is 14.8. The third kappa shape index (κ3) is 4.79. The highest BCUT2D eigenvalue weighted by atomic mass is 32.2. The molecular formula is C16H14N4S. The number of rotatable bonds is 3. The van der Waals surface area contributed by atoms with Crippen molar-refractivity contribution >= 4 is 34.8 Å². The first-order valence-corrected chi connectivity index (χ1v) is 7.51. The number of amidine groups is 1. The van der Waals surface area contributed by atoms with Gasteiger partial charge in [0.1, 0.15) is 0 Å². The zero-order valence-corrected chi connectivity index (χ0v) is 12.3. The Kier molecular flexibility index (Phi) is 5.56. The fraction of sp³-hybridized carbons (Fsp3) is 0.0625. The molecule has 0 spiro atoms. The van der Waals surface area contributed by atoms with Crippen LogP contribution in [0.4, 0.5) is 5.69 Å². The van der Waals surface area contributed by atoms with Gasteiger partial charge in [0, 0.05) is 6.20 Å². The molecule has 2 aromatic rings. The zero-order chi connectivity index (χ0) is 14.9. The van der Waals surface area contributed by atoms with Gasteiger partial charge in [0.25, 0.3) is 0 Å². The Bertz CT molecular complexity index is 687. The molecule has 2 rings (SSSR count). The van der Waals surface area contributed by atoms with Crippen LogP contribution >= 0.6 is 11.8 Å². The quantitative estimate of drug-likeness (QED) is 0.406. The first-order valence-electron chi connectivity index (χ1n) is 6.29. The minimum atomic E-state index is 0.573. The summed E-state index contributed by atoms with van der Waals surface area (Å²) >= 11 is 1.39. The molecule has 0 saturated carbocycles. The normalized spacial score (nSPS) is 11.3. The Balaban J connectivity index is 2.18. The summed E-state index contributed by atoms with van der Waals surface area (Å²) in [5.41, 5.74) is 2.73. The lowest BCUT2D eigenvalue weighted by Crippen LogP contribution is -2.12. The number of aliphatic imine (C=N–C) groups is 1. The second-order valence-corrected chi connectivity index (χ2v) is 4.84. The van der Waals surface area contributed by atoms with Crippen molar-refractivity contribution in [1.82, 2.24) is 10.3 Å². The number of hydrogen-bond donors (Lipinski definition) is 1. The summed E-state index contributed by atoms with van der Waals surface area (Å²) in [5.74, 6) is 0. The van der Waals surface area contributed by atoms with Gasteiger partial charge >= 0.3 is 0 Å². The molecule has 0 amide bonds. The molecule has 0 aliphatic rings. The molecule has 104 valence electrons. The average molecular weight is 294 g/mol. The van der Waals surface area contributed by atoms with E-state index in [0.29, 0.717) is 5.17 Å². The molecule has 0 aliphatic carbocycles. The molecule has 4 nitrogen and oxygen atoms in total. The fourth-order valence-electron chi connectivity index (χ4n) is 1.64. The second kappa shape index (κ2) is 7.88. The zero-order valence-electron chi connectivity index (χ0n) is 11.5. The lowest BCUT2D eigenvalue weighted by atomic mass is 10.2. The predicted octanol–water partition coefficient (Wildman–Crippen LogP) is 3.67. The van der Waals surface area contributed by atoms with E-state index in [1.165, 1.54) is 11.8 Å². The minimum Gasteiger partial charge on any atom is -0.271 e. The van der Waals surface area contributed by atoms with Gasteiger partial charge in [0.2, 0.25) is 0 Å². The van der Waals surface area contributed by atoms with Crippen LogP contribution in [0.1, 0.15) is 11.3 Å². The average Bonchev–Trinajstić information content (AvgIpc) is 2.54. The molecule has 0 saturated heterocycles. The standard InChI is InChI=1S/C16H14N4S/c1-21-16(19-12-17)20-15-7-4-5-13(11-15)8-9-14-6-2-3-10-18-14/h2-11H,1H3,(H,19,20). The van der Waals surface area contributed by atoms with E-state index in [1.807, 2.05) is 67.1 Å². The van der Waals surface area contributed by atoms with E-state index in [2.05, 4.69) is 15.3 Å². The molecule has 0 aliphatic heterocycles. The van der Waals surface area contributed by atoms with Crippen molar-refractivity contribution in [2.24, 2.45) is 4.99 Å².